The molecule has 3 N–H and O–H groups in total. The number of piperidine rings is 1. The van der Waals surface area contributed by atoms with Crippen molar-refractivity contribution in [3.05, 3.63) is 70.8 Å². The predicted octanol–water partition coefficient (Wildman–Crippen LogP) is 3.54. The highest BCUT2D eigenvalue weighted by molar-refractivity contribution is 6.00. The second-order valence-electron chi connectivity index (χ2n) is 8.71. The lowest BCUT2D eigenvalue weighted by atomic mass is 9.95. The molecule has 2 saturated heterocycles. The van der Waals surface area contributed by atoms with Crippen LogP contribution in [0.15, 0.2) is 42.6 Å². The van der Waals surface area contributed by atoms with Gasteiger partial charge in [0.15, 0.2) is 0 Å². The third-order valence-corrected chi connectivity index (χ3v) is 6.68. The highest BCUT2D eigenvalue weighted by atomic mass is 19.1. The van der Waals surface area contributed by atoms with Crippen LogP contribution in [-0.2, 0) is 11.2 Å². The molecule has 164 valence electrons. The van der Waals surface area contributed by atoms with Crippen LogP contribution < -0.4 is 11.1 Å². The molecular weight excluding hydrogens is 407 g/mol. The molecule has 2 bridgehead atoms. The molecule has 2 fully saturated rings. The maximum atomic E-state index is 13.1. The predicted molar refractivity (Wildman–Crippen MR) is 121 cm³/mol. The van der Waals surface area contributed by atoms with Crippen molar-refractivity contribution < 1.29 is 14.0 Å². The average molecular weight is 432 g/mol. The van der Waals surface area contributed by atoms with Crippen LogP contribution in [0.1, 0.15) is 52.9 Å². The summed E-state index contributed by atoms with van der Waals surface area (Å²) in [4.78, 5) is 31.3. The Morgan fingerprint density at radius 2 is 1.88 bits per heavy atom. The highest BCUT2D eigenvalue weighted by Gasteiger charge is 2.42. The monoisotopic (exact) mass is 432 g/mol. The number of rotatable bonds is 5. The second kappa shape index (κ2) is 8.22. The molecule has 1 unspecified atom stereocenters. The number of carbonyl (C=O) groups is 2. The van der Waals surface area contributed by atoms with Gasteiger partial charge in [-0.05, 0) is 49.5 Å². The summed E-state index contributed by atoms with van der Waals surface area (Å²) in [5.41, 5.74) is 9.45. The maximum absolute atomic E-state index is 13.1. The second-order valence-corrected chi connectivity index (χ2v) is 8.71. The normalized spacial score (nSPS) is 23.5. The third-order valence-electron chi connectivity index (χ3n) is 6.68. The van der Waals surface area contributed by atoms with Gasteiger partial charge in [-0.25, -0.2) is 4.39 Å². The summed E-state index contributed by atoms with van der Waals surface area (Å²) < 4.78 is 13.1. The van der Waals surface area contributed by atoms with Crippen LogP contribution in [0, 0.1) is 5.82 Å². The van der Waals surface area contributed by atoms with Crippen molar-refractivity contribution in [3.8, 4) is 0 Å². The van der Waals surface area contributed by atoms with Gasteiger partial charge in [0, 0.05) is 42.4 Å². The van der Waals surface area contributed by atoms with E-state index < -0.39 is 5.91 Å². The van der Waals surface area contributed by atoms with E-state index in [1.54, 1.807) is 30.5 Å². The fourth-order valence-electron chi connectivity index (χ4n) is 5.23. The Morgan fingerprint density at radius 3 is 2.56 bits per heavy atom. The minimum absolute atomic E-state index is 0.00849. The van der Waals surface area contributed by atoms with E-state index in [-0.39, 0.29) is 29.8 Å². The van der Waals surface area contributed by atoms with Gasteiger partial charge in [-0.3, -0.25) is 14.6 Å². The van der Waals surface area contributed by atoms with Gasteiger partial charge < -0.3 is 16.0 Å². The smallest absolute Gasteiger partial charge is 0.252 e. The number of hydrogen-bond acceptors (Lipinski definition) is 4. The number of benzene rings is 1. The first-order chi connectivity index (χ1) is 15.5. The van der Waals surface area contributed by atoms with Gasteiger partial charge in [0.05, 0.1) is 16.9 Å². The number of nitrogens with two attached hydrogens (primary N) is 1. The first-order valence-corrected chi connectivity index (χ1v) is 11.0. The van der Waals surface area contributed by atoms with Crippen LogP contribution >= 0.6 is 0 Å². The van der Waals surface area contributed by atoms with E-state index in [0.29, 0.717) is 5.56 Å². The number of nitrogens with zero attached hydrogens (tertiary/aromatic N) is 2. The van der Waals surface area contributed by atoms with Gasteiger partial charge in [0.25, 0.3) is 5.91 Å². The van der Waals surface area contributed by atoms with E-state index in [1.165, 1.54) is 12.1 Å². The molecule has 2 aromatic rings. The standard InChI is InChI=1S/C25H25FN4O2/c26-16-7-4-15(5-8-16)6-11-23(31)30-18-9-10-19(30)13-17(12-18)29-24-20-2-1-3-22(20)28-14-21(24)25(27)32/h1-2,4-8,11,14,17-19H,3,9-10,12-13H2,(H2,27,32)(H,28,29)/b11-6+/t17?,18-,19+. The van der Waals surface area contributed by atoms with Gasteiger partial charge >= 0.3 is 0 Å². The first kappa shape index (κ1) is 20.4. The lowest BCUT2D eigenvalue weighted by molar-refractivity contribution is -0.130. The number of amides is 2. The molecule has 0 spiro atoms. The summed E-state index contributed by atoms with van der Waals surface area (Å²) in [5, 5.41) is 3.57. The Morgan fingerprint density at radius 1 is 1.16 bits per heavy atom. The Hall–Kier alpha value is -3.48. The fourth-order valence-corrected chi connectivity index (χ4v) is 5.23. The van der Waals surface area contributed by atoms with E-state index in [4.69, 9.17) is 5.73 Å². The Kier molecular flexibility index (Phi) is 5.25. The molecule has 32 heavy (non-hydrogen) atoms. The van der Waals surface area contributed by atoms with Crippen LogP contribution in [0.2, 0.25) is 0 Å². The largest absolute Gasteiger partial charge is 0.381 e. The Bertz CT molecular complexity index is 1110. The Labute approximate surface area is 186 Å². The van der Waals surface area contributed by atoms with Crippen molar-refractivity contribution in [1.29, 1.82) is 0 Å². The van der Waals surface area contributed by atoms with E-state index >= 15 is 0 Å². The average Bonchev–Trinajstić information content (AvgIpc) is 3.36. The van der Waals surface area contributed by atoms with Crippen molar-refractivity contribution in [1.82, 2.24) is 9.88 Å². The fraction of sp³-hybridized carbons (Fsp3) is 0.320. The maximum Gasteiger partial charge on any atom is 0.252 e. The number of primary amides is 1. The number of aromatic nitrogens is 1. The number of pyridine rings is 1. The van der Waals surface area contributed by atoms with E-state index in [1.807, 2.05) is 17.1 Å². The lowest BCUT2D eigenvalue weighted by Gasteiger charge is -2.39. The molecule has 1 aliphatic carbocycles. The molecule has 3 heterocycles. The Balaban J connectivity index is 1.30. The van der Waals surface area contributed by atoms with Crippen LogP contribution in [-0.4, -0.2) is 39.8 Å². The highest BCUT2D eigenvalue weighted by Crippen LogP contribution is 2.38. The summed E-state index contributed by atoms with van der Waals surface area (Å²) in [6, 6.07) is 6.53. The molecule has 6 nitrogen and oxygen atoms in total. The van der Waals surface area contributed by atoms with E-state index in [2.05, 4.69) is 10.3 Å². The number of halogens is 1. The molecule has 7 heteroatoms. The molecule has 1 aromatic heterocycles. The minimum Gasteiger partial charge on any atom is -0.381 e. The summed E-state index contributed by atoms with van der Waals surface area (Å²) >= 11 is 0. The number of anilines is 1. The molecule has 3 aliphatic rings. The van der Waals surface area contributed by atoms with Crippen LogP contribution in [0.25, 0.3) is 12.2 Å². The van der Waals surface area contributed by atoms with Crippen molar-refractivity contribution in [2.45, 2.75) is 50.2 Å². The lowest BCUT2D eigenvalue weighted by Crippen LogP contribution is -2.49. The molecule has 0 saturated carbocycles. The number of hydrogen-bond donors (Lipinski definition) is 2. The summed E-state index contributed by atoms with van der Waals surface area (Å²) in [6.45, 7) is 0. The first-order valence-electron chi connectivity index (χ1n) is 11.0. The van der Waals surface area contributed by atoms with E-state index in [9.17, 15) is 14.0 Å². The van der Waals surface area contributed by atoms with Gasteiger partial charge in [-0.2, -0.15) is 0 Å². The zero-order valence-corrected chi connectivity index (χ0v) is 17.6. The molecule has 2 aliphatic heterocycles. The quantitative estimate of drug-likeness (QED) is 0.708. The topological polar surface area (TPSA) is 88.3 Å². The molecule has 0 radical (unpaired) electrons. The molecule has 5 rings (SSSR count). The summed E-state index contributed by atoms with van der Waals surface area (Å²) in [5.74, 6) is -0.800. The molecule has 1 aromatic carbocycles. The van der Waals surface area contributed by atoms with E-state index in [0.717, 1.165) is 54.6 Å². The van der Waals surface area contributed by atoms with Crippen molar-refractivity contribution >= 4 is 29.7 Å². The van der Waals surface area contributed by atoms with Gasteiger partial charge in [-0.15, -0.1) is 0 Å². The van der Waals surface area contributed by atoms with Crippen molar-refractivity contribution in [2.24, 2.45) is 5.73 Å². The van der Waals surface area contributed by atoms with Crippen molar-refractivity contribution in [3.63, 3.8) is 0 Å². The number of fused-ring (bicyclic) bond motifs is 3. The minimum atomic E-state index is -0.496. The SMILES string of the molecule is NC(=O)c1cnc2c(c1NC1C[C@H]3CC[C@@H](C1)N3C(=O)/C=C/c1ccc(F)cc1)C=CC2. The molecule has 2 amide bonds. The van der Waals surface area contributed by atoms with Gasteiger partial charge in [0.2, 0.25) is 5.91 Å². The van der Waals surface area contributed by atoms with Crippen LogP contribution in [0.4, 0.5) is 10.1 Å². The number of allylic oxidation sites excluding steroid dienone is 1. The van der Waals surface area contributed by atoms with Crippen LogP contribution in [0.5, 0.6) is 0 Å². The number of carbonyl (C=O) groups excluding carboxylic acids is 2. The summed E-state index contributed by atoms with van der Waals surface area (Å²) in [6.07, 6.45) is 13.2. The van der Waals surface area contributed by atoms with Crippen molar-refractivity contribution in [2.75, 3.05) is 5.32 Å². The molecule has 3 atom stereocenters. The van der Waals surface area contributed by atoms with Gasteiger partial charge in [0.1, 0.15) is 5.82 Å². The van der Waals surface area contributed by atoms with Crippen LogP contribution in [0.3, 0.4) is 0 Å². The zero-order chi connectivity index (χ0) is 22.2. The third kappa shape index (κ3) is 3.79. The summed E-state index contributed by atoms with van der Waals surface area (Å²) in [7, 11) is 0. The number of nitrogens with one attached hydrogen (secondary N) is 1. The van der Waals surface area contributed by atoms with Gasteiger partial charge in [-0.1, -0.05) is 24.3 Å². The zero-order valence-electron chi connectivity index (χ0n) is 17.6. The molecular formula is C25H25FN4O2.